The van der Waals surface area contributed by atoms with E-state index < -0.39 is 0 Å². The van der Waals surface area contributed by atoms with Crippen molar-refractivity contribution in [2.45, 2.75) is 25.8 Å². The first kappa shape index (κ1) is 8.85. The van der Waals surface area contributed by atoms with Crippen LogP contribution in [0.5, 0.6) is 0 Å². The van der Waals surface area contributed by atoms with Gasteiger partial charge in [-0.3, -0.25) is 0 Å². The Balaban J connectivity index is 2.52. The van der Waals surface area contributed by atoms with E-state index in [0.29, 0.717) is 19.6 Å². The summed E-state index contributed by atoms with van der Waals surface area (Å²) in [6, 6.07) is 2.02. The lowest BCUT2D eigenvalue weighted by Crippen LogP contribution is -2.33. The Morgan fingerprint density at radius 3 is 3.17 bits per heavy atom. The highest BCUT2D eigenvalue weighted by atomic mass is 16.6. The SMILES string of the molecule is CCCN1C(=O)OCC1CC#N. The van der Waals surface area contributed by atoms with Crippen molar-refractivity contribution < 1.29 is 9.53 Å². The number of cyclic esters (lactones) is 1. The first-order valence-corrected chi connectivity index (χ1v) is 4.10. The lowest BCUT2D eigenvalue weighted by atomic mass is 10.2. The molecule has 0 spiro atoms. The molecule has 1 rings (SSSR count). The van der Waals surface area contributed by atoms with Gasteiger partial charge < -0.3 is 9.64 Å². The van der Waals surface area contributed by atoms with Crippen LogP contribution in [0.25, 0.3) is 0 Å². The van der Waals surface area contributed by atoms with Gasteiger partial charge in [0.2, 0.25) is 0 Å². The summed E-state index contributed by atoms with van der Waals surface area (Å²) < 4.78 is 4.82. The molecule has 1 amide bonds. The maximum atomic E-state index is 11.0. The number of carbonyl (C=O) groups excluding carboxylic acids is 1. The Bertz CT molecular complexity index is 210. The number of hydrogen-bond donors (Lipinski definition) is 0. The van der Waals surface area contributed by atoms with Gasteiger partial charge in [0, 0.05) is 6.54 Å². The number of hydrogen-bond acceptors (Lipinski definition) is 3. The van der Waals surface area contributed by atoms with Gasteiger partial charge in [-0.15, -0.1) is 0 Å². The van der Waals surface area contributed by atoms with Crippen molar-refractivity contribution in [1.29, 1.82) is 5.26 Å². The van der Waals surface area contributed by atoms with Crippen molar-refractivity contribution in [2.75, 3.05) is 13.2 Å². The standard InChI is InChI=1S/C8H12N2O2/c1-2-5-10-7(3-4-9)6-12-8(10)11/h7H,2-3,5-6H2,1H3. The summed E-state index contributed by atoms with van der Waals surface area (Å²) in [5.41, 5.74) is 0. The van der Waals surface area contributed by atoms with Gasteiger partial charge in [-0.1, -0.05) is 6.92 Å². The predicted octanol–water partition coefficient (Wildman–Crippen LogP) is 1.13. The number of amides is 1. The Kier molecular flexibility index (Phi) is 2.92. The molecule has 1 aliphatic rings. The molecule has 66 valence electrons. The van der Waals surface area contributed by atoms with Gasteiger partial charge >= 0.3 is 6.09 Å². The molecule has 1 heterocycles. The minimum atomic E-state index is -0.280. The molecule has 0 radical (unpaired) electrons. The molecule has 0 aromatic rings. The summed E-state index contributed by atoms with van der Waals surface area (Å²) in [6.07, 6.45) is 0.986. The minimum Gasteiger partial charge on any atom is -0.447 e. The van der Waals surface area contributed by atoms with Crippen molar-refractivity contribution in [3.8, 4) is 6.07 Å². The third-order valence-corrected chi connectivity index (χ3v) is 1.87. The molecule has 0 bridgehead atoms. The number of nitriles is 1. The summed E-state index contributed by atoms with van der Waals surface area (Å²) in [7, 11) is 0. The summed E-state index contributed by atoms with van der Waals surface area (Å²) in [4.78, 5) is 12.7. The fourth-order valence-electron chi connectivity index (χ4n) is 1.28. The molecule has 0 aromatic carbocycles. The highest BCUT2D eigenvalue weighted by molar-refractivity contribution is 5.70. The van der Waals surface area contributed by atoms with Crippen LogP contribution >= 0.6 is 0 Å². The van der Waals surface area contributed by atoms with Gasteiger partial charge in [-0.2, -0.15) is 5.26 Å². The average Bonchev–Trinajstić information content (AvgIpc) is 2.37. The zero-order valence-corrected chi connectivity index (χ0v) is 7.12. The van der Waals surface area contributed by atoms with E-state index in [1.54, 1.807) is 4.90 Å². The third-order valence-electron chi connectivity index (χ3n) is 1.87. The quantitative estimate of drug-likeness (QED) is 0.634. The molecular weight excluding hydrogens is 156 g/mol. The van der Waals surface area contributed by atoms with Gasteiger partial charge in [0.25, 0.3) is 0 Å². The molecular formula is C8H12N2O2. The summed E-state index contributed by atoms with van der Waals surface area (Å²) in [6.45, 7) is 3.05. The lowest BCUT2D eigenvalue weighted by molar-refractivity contribution is 0.158. The van der Waals surface area contributed by atoms with E-state index in [0.717, 1.165) is 6.42 Å². The molecule has 1 aliphatic heterocycles. The molecule has 0 aliphatic carbocycles. The summed E-state index contributed by atoms with van der Waals surface area (Å²) in [5, 5.41) is 8.46. The van der Waals surface area contributed by atoms with Crippen LogP contribution in [0, 0.1) is 11.3 Å². The fourth-order valence-corrected chi connectivity index (χ4v) is 1.28. The largest absolute Gasteiger partial charge is 0.447 e. The van der Waals surface area contributed by atoms with E-state index in [1.165, 1.54) is 0 Å². The zero-order chi connectivity index (χ0) is 8.97. The van der Waals surface area contributed by atoms with Gasteiger partial charge in [0.1, 0.15) is 6.61 Å². The molecule has 1 unspecified atom stereocenters. The normalized spacial score (nSPS) is 22.2. The smallest absolute Gasteiger partial charge is 0.410 e. The first-order chi connectivity index (χ1) is 5.79. The molecule has 12 heavy (non-hydrogen) atoms. The highest BCUT2D eigenvalue weighted by Crippen LogP contribution is 2.14. The van der Waals surface area contributed by atoms with Crippen LogP contribution in [-0.4, -0.2) is 30.2 Å². The zero-order valence-electron chi connectivity index (χ0n) is 7.12. The van der Waals surface area contributed by atoms with Gasteiger partial charge in [-0.25, -0.2) is 4.79 Å². The number of ether oxygens (including phenoxy) is 1. The number of carbonyl (C=O) groups is 1. The summed E-state index contributed by atoms with van der Waals surface area (Å²) >= 11 is 0. The van der Waals surface area contributed by atoms with Gasteiger partial charge in [-0.05, 0) is 6.42 Å². The van der Waals surface area contributed by atoms with Crippen molar-refractivity contribution >= 4 is 6.09 Å². The van der Waals surface area contributed by atoms with Gasteiger partial charge in [0.05, 0.1) is 18.5 Å². The van der Waals surface area contributed by atoms with Crippen LogP contribution in [0.1, 0.15) is 19.8 Å². The second-order valence-corrected chi connectivity index (χ2v) is 2.79. The Morgan fingerprint density at radius 1 is 1.83 bits per heavy atom. The highest BCUT2D eigenvalue weighted by Gasteiger charge is 2.31. The van der Waals surface area contributed by atoms with E-state index in [2.05, 4.69) is 0 Å². The van der Waals surface area contributed by atoms with E-state index in [-0.39, 0.29) is 12.1 Å². The lowest BCUT2D eigenvalue weighted by Gasteiger charge is -2.17. The van der Waals surface area contributed by atoms with Crippen LogP contribution < -0.4 is 0 Å². The van der Waals surface area contributed by atoms with E-state index in [4.69, 9.17) is 10.00 Å². The Labute approximate surface area is 71.7 Å². The third kappa shape index (κ3) is 1.67. The average molecular weight is 168 g/mol. The van der Waals surface area contributed by atoms with Crippen molar-refractivity contribution in [3.63, 3.8) is 0 Å². The Morgan fingerprint density at radius 2 is 2.58 bits per heavy atom. The maximum absolute atomic E-state index is 11.0. The predicted molar refractivity (Wildman–Crippen MR) is 42.4 cm³/mol. The summed E-state index contributed by atoms with van der Waals surface area (Å²) in [5.74, 6) is 0. The first-order valence-electron chi connectivity index (χ1n) is 4.10. The second-order valence-electron chi connectivity index (χ2n) is 2.79. The van der Waals surface area contributed by atoms with Crippen LogP contribution in [0.15, 0.2) is 0 Å². The molecule has 0 aromatic heterocycles. The van der Waals surface area contributed by atoms with Crippen LogP contribution in [0.4, 0.5) is 4.79 Å². The molecule has 1 fully saturated rings. The maximum Gasteiger partial charge on any atom is 0.410 e. The molecule has 1 atom stereocenters. The molecule has 0 saturated carbocycles. The Hall–Kier alpha value is -1.24. The van der Waals surface area contributed by atoms with Crippen molar-refractivity contribution in [3.05, 3.63) is 0 Å². The monoisotopic (exact) mass is 168 g/mol. The van der Waals surface area contributed by atoms with Crippen molar-refractivity contribution in [2.24, 2.45) is 0 Å². The van der Waals surface area contributed by atoms with Crippen molar-refractivity contribution in [1.82, 2.24) is 4.90 Å². The second kappa shape index (κ2) is 3.96. The van der Waals surface area contributed by atoms with E-state index in [9.17, 15) is 4.79 Å². The van der Waals surface area contributed by atoms with Crippen LogP contribution in [0.2, 0.25) is 0 Å². The van der Waals surface area contributed by atoms with E-state index >= 15 is 0 Å². The van der Waals surface area contributed by atoms with E-state index in [1.807, 2.05) is 13.0 Å². The van der Waals surface area contributed by atoms with Crippen LogP contribution in [-0.2, 0) is 4.74 Å². The number of rotatable bonds is 3. The molecule has 0 N–H and O–H groups in total. The molecule has 1 saturated heterocycles. The molecule has 4 nitrogen and oxygen atoms in total. The molecule has 4 heteroatoms. The topological polar surface area (TPSA) is 53.3 Å². The minimum absolute atomic E-state index is 0.0255. The van der Waals surface area contributed by atoms with Crippen LogP contribution in [0.3, 0.4) is 0 Å². The fraction of sp³-hybridized carbons (Fsp3) is 0.750. The van der Waals surface area contributed by atoms with Gasteiger partial charge in [0.15, 0.2) is 0 Å². The number of nitrogens with zero attached hydrogens (tertiary/aromatic N) is 2.